The van der Waals surface area contributed by atoms with E-state index in [9.17, 15) is 19.5 Å². The second kappa shape index (κ2) is 12.6. The van der Waals surface area contributed by atoms with Gasteiger partial charge in [-0.25, -0.2) is 9.59 Å². The molecular formula is C25H33N3O6. The first kappa shape index (κ1) is 26.7. The van der Waals surface area contributed by atoms with Crippen LogP contribution in [0.4, 0.5) is 9.59 Å². The molecule has 0 aliphatic rings. The SMILES string of the molecule is CC(C)(C)OC(=O)N[C@@H](CCO)[C@H](C(N)=O)N(Cc1ccccc1)C(=O)OCc1ccccc1. The summed E-state index contributed by atoms with van der Waals surface area (Å²) in [5.41, 5.74) is 6.42. The lowest BCUT2D eigenvalue weighted by Gasteiger charge is -2.35. The van der Waals surface area contributed by atoms with Crippen LogP contribution in [0.5, 0.6) is 0 Å². The maximum absolute atomic E-state index is 13.2. The molecule has 184 valence electrons. The smallest absolute Gasteiger partial charge is 0.411 e. The summed E-state index contributed by atoms with van der Waals surface area (Å²) in [6, 6.07) is 15.8. The third-order valence-corrected chi connectivity index (χ3v) is 4.79. The van der Waals surface area contributed by atoms with E-state index in [1.165, 1.54) is 0 Å². The molecule has 2 aromatic carbocycles. The van der Waals surface area contributed by atoms with Gasteiger partial charge in [0.05, 0.1) is 6.04 Å². The number of rotatable bonds is 10. The zero-order valence-electron chi connectivity index (χ0n) is 19.8. The molecule has 34 heavy (non-hydrogen) atoms. The minimum Gasteiger partial charge on any atom is -0.445 e. The Morgan fingerprint density at radius 1 is 1.00 bits per heavy atom. The summed E-state index contributed by atoms with van der Waals surface area (Å²) in [7, 11) is 0. The van der Waals surface area contributed by atoms with Gasteiger partial charge in [-0.2, -0.15) is 0 Å². The van der Waals surface area contributed by atoms with Crippen LogP contribution < -0.4 is 11.1 Å². The molecule has 0 bridgehead atoms. The molecule has 0 radical (unpaired) electrons. The van der Waals surface area contributed by atoms with Gasteiger partial charge in [0.1, 0.15) is 18.2 Å². The first-order valence-corrected chi connectivity index (χ1v) is 11.0. The third kappa shape index (κ3) is 8.74. The molecule has 2 atom stereocenters. The lowest BCUT2D eigenvalue weighted by Crippen LogP contribution is -2.59. The van der Waals surface area contributed by atoms with Crippen LogP contribution in [-0.4, -0.2) is 52.4 Å². The van der Waals surface area contributed by atoms with Crippen molar-refractivity contribution in [2.45, 2.75) is 58.0 Å². The molecule has 0 saturated carbocycles. The quantitative estimate of drug-likeness (QED) is 0.488. The number of primary amides is 1. The van der Waals surface area contributed by atoms with Crippen LogP contribution in [0, 0.1) is 0 Å². The number of alkyl carbamates (subject to hydrolysis) is 1. The van der Waals surface area contributed by atoms with Crippen LogP contribution in [0.25, 0.3) is 0 Å². The summed E-state index contributed by atoms with van der Waals surface area (Å²) >= 11 is 0. The Labute approximate surface area is 199 Å². The fraction of sp³-hybridized carbons (Fsp3) is 0.400. The fourth-order valence-electron chi connectivity index (χ4n) is 3.33. The van der Waals surface area contributed by atoms with Gasteiger partial charge in [-0.3, -0.25) is 9.69 Å². The molecule has 9 nitrogen and oxygen atoms in total. The topological polar surface area (TPSA) is 131 Å². The Hall–Kier alpha value is -3.59. The Kier molecular flexibility index (Phi) is 9.88. The van der Waals surface area contributed by atoms with Crippen LogP contribution in [0.3, 0.4) is 0 Å². The van der Waals surface area contributed by atoms with E-state index in [1.54, 1.807) is 57.2 Å². The van der Waals surface area contributed by atoms with Crippen molar-refractivity contribution in [3.8, 4) is 0 Å². The van der Waals surface area contributed by atoms with Gasteiger partial charge in [0.15, 0.2) is 0 Å². The van der Waals surface area contributed by atoms with Gasteiger partial charge in [-0.05, 0) is 38.3 Å². The van der Waals surface area contributed by atoms with E-state index in [4.69, 9.17) is 15.2 Å². The normalized spacial score (nSPS) is 12.8. The lowest BCUT2D eigenvalue weighted by atomic mass is 10.0. The minimum atomic E-state index is -1.30. The van der Waals surface area contributed by atoms with Crippen molar-refractivity contribution in [2.75, 3.05) is 6.61 Å². The molecule has 3 amide bonds. The maximum atomic E-state index is 13.2. The molecule has 9 heteroatoms. The summed E-state index contributed by atoms with van der Waals surface area (Å²) in [6.45, 7) is 4.72. The van der Waals surface area contributed by atoms with E-state index in [-0.39, 0.29) is 26.2 Å². The highest BCUT2D eigenvalue weighted by molar-refractivity contribution is 5.86. The van der Waals surface area contributed by atoms with Crippen LogP contribution in [0.2, 0.25) is 0 Å². The van der Waals surface area contributed by atoms with Crippen molar-refractivity contribution in [3.63, 3.8) is 0 Å². The molecule has 2 rings (SSSR count). The average molecular weight is 472 g/mol. The standard InChI is InChI=1S/C25H33N3O6/c1-25(2,3)34-23(31)27-20(14-15-29)21(22(26)30)28(16-18-10-6-4-7-11-18)24(32)33-17-19-12-8-5-9-13-19/h4-13,20-21,29H,14-17H2,1-3H3,(H2,26,30)(H,27,31)/t20-,21+/m0/s1. The molecule has 2 aromatic rings. The number of amides is 3. The van der Waals surface area contributed by atoms with Crippen LogP contribution in [0.1, 0.15) is 38.3 Å². The summed E-state index contributed by atoms with van der Waals surface area (Å²) in [5, 5.41) is 12.2. The van der Waals surface area contributed by atoms with Crippen molar-refractivity contribution in [1.29, 1.82) is 0 Å². The number of aliphatic hydroxyl groups excluding tert-OH is 1. The number of nitrogens with zero attached hydrogens (tertiary/aromatic N) is 1. The molecule has 0 fully saturated rings. The Morgan fingerprint density at radius 2 is 1.56 bits per heavy atom. The average Bonchev–Trinajstić information content (AvgIpc) is 2.77. The predicted octanol–water partition coefficient (Wildman–Crippen LogP) is 2.96. The van der Waals surface area contributed by atoms with Gasteiger partial charge >= 0.3 is 12.2 Å². The number of benzene rings is 2. The Bertz CT molecular complexity index is 931. The van der Waals surface area contributed by atoms with E-state index in [0.29, 0.717) is 0 Å². The highest BCUT2D eigenvalue weighted by atomic mass is 16.6. The molecule has 0 aliphatic heterocycles. The minimum absolute atomic E-state index is 0.00000327. The molecular weight excluding hydrogens is 438 g/mol. The zero-order valence-corrected chi connectivity index (χ0v) is 19.8. The maximum Gasteiger partial charge on any atom is 0.411 e. The Morgan fingerprint density at radius 3 is 2.06 bits per heavy atom. The lowest BCUT2D eigenvalue weighted by molar-refractivity contribution is -0.124. The first-order valence-electron chi connectivity index (χ1n) is 11.0. The second-order valence-corrected chi connectivity index (χ2v) is 8.77. The number of carbonyl (C=O) groups excluding carboxylic acids is 3. The van der Waals surface area contributed by atoms with E-state index in [0.717, 1.165) is 16.0 Å². The number of aliphatic hydroxyl groups is 1. The largest absolute Gasteiger partial charge is 0.445 e. The highest BCUT2D eigenvalue weighted by Crippen LogP contribution is 2.17. The van der Waals surface area contributed by atoms with Crippen LogP contribution in [-0.2, 0) is 27.4 Å². The monoisotopic (exact) mass is 471 g/mol. The van der Waals surface area contributed by atoms with E-state index in [1.807, 2.05) is 24.3 Å². The molecule has 4 N–H and O–H groups in total. The first-order chi connectivity index (χ1) is 16.1. The van der Waals surface area contributed by atoms with Gasteiger partial charge in [-0.1, -0.05) is 60.7 Å². The van der Waals surface area contributed by atoms with Crippen molar-refractivity contribution in [1.82, 2.24) is 10.2 Å². The summed E-state index contributed by atoms with van der Waals surface area (Å²) < 4.78 is 10.8. The van der Waals surface area contributed by atoms with Crippen molar-refractivity contribution in [2.24, 2.45) is 5.73 Å². The summed E-state index contributed by atoms with van der Waals surface area (Å²) in [4.78, 5) is 39.4. The number of nitrogens with one attached hydrogen (secondary N) is 1. The van der Waals surface area contributed by atoms with Gasteiger partial charge < -0.3 is 25.6 Å². The van der Waals surface area contributed by atoms with Crippen LogP contribution in [0.15, 0.2) is 60.7 Å². The van der Waals surface area contributed by atoms with E-state index >= 15 is 0 Å². The van der Waals surface area contributed by atoms with E-state index in [2.05, 4.69) is 5.32 Å². The van der Waals surface area contributed by atoms with Crippen molar-refractivity contribution in [3.05, 3.63) is 71.8 Å². The number of nitrogens with two attached hydrogens (primary N) is 1. The van der Waals surface area contributed by atoms with Crippen molar-refractivity contribution < 1.29 is 29.0 Å². The fourth-order valence-corrected chi connectivity index (χ4v) is 3.33. The third-order valence-electron chi connectivity index (χ3n) is 4.79. The van der Waals surface area contributed by atoms with Gasteiger partial charge in [0.2, 0.25) is 5.91 Å². The molecule has 0 spiro atoms. The summed E-state index contributed by atoms with van der Waals surface area (Å²) in [6.07, 6.45) is -1.62. The number of hydrogen-bond donors (Lipinski definition) is 3. The Balaban J connectivity index is 2.33. The number of carbonyl (C=O) groups is 3. The highest BCUT2D eigenvalue weighted by Gasteiger charge is 2.37. The number of ether oxygens (including phenoxy) is 2. The van der Waals surface area contributed by atoms with Crippen molar-refractivity contribution >= 4 is 18.1 Å². The molecule has 0 heterocycles. The van der Waals surface area contributed by atoms with E-state index < -0.39 is 35.8 Å². The summed E-state index contributed by atoms with van der Waals surface area (Å²) in [5.74, 6) is -0.859. The number of hydrogen-bond acceptors (Lipinski definition) is 6. The predicted molar refractivity (Wildman–Crippen MR) is 126 cm³/mol. The van der Waals surface area contributed by atoms with Gasteiger partial charge in [0, 0.05) is 13.2 Å². The van der Waals surface area contributed by atoms with Gasteiger partial charge in [0.25, 0.3) is 0 Å². The second-order valence-electron chi connectivity index (χ2n) is 8.77. The molecule has 0 aliphatic carbocycles. The molecule has 0 aromatic heterocycles. The van der Waals surface area contributed by atoms with Gasteiger partial charge in [-0.15, -0.1) is 0 Å². The zero-order chi connectivity index (χ0) is 25.1. The molecule has 0 saturated heterocycles. The van der Waals surface area contributed by atoms with Crippen LogP contribution >= 0.6 is 0 Å². The molecule has 0 unspecified atom stereocenters.